The van der Waals surface area contributed by atoms with Crippen molar-refractivity contribution in [1.82, 2.24) is 5.32 Å². The molecule has 0 aliphatic heterocycles. The minimum absolute atomic E-state index is 0.336. The third-order valence-electron chi connectivity index (χ3n) is 2.96. The first-order valence-corrected chi connectivity index (χ1v) is 7.14. The zero-order chi connectivity index (χ0) is 15.2. The van der Waals surface area contributed by atoms with Gasteiger partial charge in [0.15, 0.2) is 0 Å². The molecule has 0 radical (unpaired) electrons. The van der Waals surface area contributed by atoms with Gasteiger partial charge in [-0.1, -0.05) is 29.3 Å². The summed E-state index contributed by atoms with van der Waals surface area (Å²) < 4.78 is 5.82. The van der Waals surface area contributed by atoms with E-state index in [1.54, 1.807) is 24.3 Å². The van der Waals surface area contributed by atoms with Crippen LogP contribution in [-0.4, -0.2) is 7.05 Å². The lowest BCUT2D eigenvalue weighted by Crippen LogP contribution is -2.07. The largest absolute Gasteiger partial charge is 0.489 e. The highest BCUT2D eigenvalue weighted by Gasteiger charge is 2.07. The lowest BCUT2D eigenvalue weighted by Gasteiger charge is -2.12. The van der Waals surface area contributed by atoms with E-state index in [9.17, 15) is 0 Å². The molecule has 108 valence electrons. The van der Waals surface area contributed by atoms with Crippen molar-refractivity contribution in [3.05, 3.63) is 63.1 Å². The number of rotatable bonds is 5. The molecule has 0 aliphatic rings. The first-order valence-electron chi connectivity index (χ1n) is 6.38. The smallest absolute Gasteiger partial charge is 0.124 e. The van der Waals surface area contributed by atoms with E-state index in [4.69, 9.17) is 33.2 Å². The van der Waals surface area contributed by atoms with Crippen molar-refractivity contribution in [2.45, 2.75) is 13.2 Å². The van der Waals surface area contributed by atoms with E-state index in [0.717, 1.165) is 16.9 Å². The van der Waals surface area contributed by atoms with Gasteiger partial charge in [0.05, 0.1) is 11.6 Å². The van der Waals surface area contributed by atoms with Crippen LogP contribution >= 0.6 is 23.2 Å². The highest BCUT2D eigenvalue weighted by atomic mass is 35.5. The van der Waals surface area contributed by atoms with Crippen molar-refractivity contribution in [2.24, 2.45) is 0 Å². The maximum atomic E-state index is 8.82. The number of benzene rings is 2. The first kappa shape index (κ1) is 15.7. The van der Waals surface area contributed by atoms with Crippen molar-refractivity contribution < 1.29 is 4.74 Å². The Morgan fingerprint density at radius 1 is 1.14 bits per heavy atom. The molecule has 0 aliphatic carbocycles. The number of hydrogen-bond donors (Lipinski definition) is 1. The SMILES string of the molecule is CNCc1cc(Cl)ccc1OCc1ccc(C#N)cc1Cl. The normalized spacial score (nSPS) is 10.2. The zero-order valence-corrected chi connectivity index (χ0v) is 13.0. The molecule has 2 aromatic rings. The standard InChI is InChI=1S/C16H14Cl2N2O/c1-20-9-13-7-14(17)4-5-16(13)21-10-12-3-2-11(8-19)6-15(12)18/h2-7,20H,9-10H2,1H3. The molecule has 0 saturated carbocycles. The van der Waals surface area contributed by atoms with E-state index < -0.39 is 0 Å². The summed E-state index contributed by atoms with van der Waals surface area (Å²) in [6.45, 7) is 1.000. The first-order chi connectivity index (χ1) is 10.1. The van der Waals surface area contributed by atoms with Crippen LogP contribution in [0, 0.1) is 11.3 Å². The van der Waals surface area contributed by atoms with Gasteiger partial charge in [0.2, 0.25) is 0 Å². The molecule has 2 aromatic carbocycles. The molecular weight excluding hydrogens is 307 g/mol. The van der Waals surface area contributed by atoms with Gasteiger partial charge in [-0.15, -0.1) is 0 Å². The minimum Gasteiger partial charge on any atom is -0.489 e. The van der Waals surface area contributed by atoms with E-state index in [1.807, 2.05) is 19.2 Å². The van der Waals surface area contributed by atoms with Crippen LogP contribution in [0.25, 0.3) is 0 Å². The van der Waals surface area contributed by atoms with Crippen molar-refractivity contribution >= 4 is 23.2 Å². The average Bonchev–Trinajstić information content (AvgIpc) is 2.48. The van der Waals surface area contributed by atoms with Crippen molar-refractivity contribution in [1.29, 1.82) is 5.26 Å². The molecule has 0 unspecified atom stereocenters. The Kier molecular flexibility index (Phi) is 5.46. The predicted molar refractivity (Wildman–Crippen MR) is 84.7 cm³/mol. The number of nitriles is 1. The predicted octanol–water partition coefficient (Wildman–Crippen LogP) is 4.16. The Morgan fingerprint density at radius 2 is 1.95 bits per heavy atom. The van der Waals surface area contributed by atoms with Gasteiger partial charge in [-0.05, 0) is 37.4 Å². The van der Waals surface area contributed by atoms with Crippen molar-refractivity contribution in [3.63, 3.8) is 0 Å². The second kappa shape index (κ2) is 7.33. The fourth-order valence-electron chi connectivity index (χ4n) is 1.91. The Balaban J connectivity index is 2.15. The van der Waals surface area contributed by atoms with Crippen LogP contribution in [0.3, 0.4) is 0 Å². The molecule has 3 nitrogen and oxygen atoms in total. The zero-order valence-electron chi connectivity index (χ0n) is 11.5. The van der Waals surface area contributed by atoms with Gasteiger partial charge in [0, 0.05) is 27.7 Å². The van der Waals surface area contributed by atoms with E-state index in [1.165, 1.54) is 0 Å². The number of halogens is 2. The Labute approximate surface area is 134 Å². The van der Waals surface area contributed by atoms with Crippen LogP contribution in [0.1, 0.15) is 16.7 Å². The highest BCUT2D eigenvalue weighted by Crippen LogP contribution is 2.25. The summed E-state index contributed by atoms with van der Waals surface area (Å²) in [5.41, 5.74) is 2.35. The molecule has 0 amide bonds. The van der Waals surface area contributed by atoms with Gasteiger partial charge >= 0.3 is 0 Å². The van der Waals surface area contributed by atoms with E-state index in [2.05, 4.69) is 11.4 Å². The second-order valence-electron chi connectivity index (χ2n) is 4.49. The summed E-state index contributed by atoms with van der Waals surface area (Å²) in [6, 6.07) is 12.7. The number of nitrogens with one attached hydrogen (secondary N) is 1. The fraction of sp³-hybridized carbons (Fsp3) is 0.188. The monoisotopic (exact) mass is 320 g/mol. The topological polar surface area (TPSA) is 45.0 Å². The molecule has 0 aromatic heterocycles. The third-order valence-corrected chi connectivity index (χ3v) is 3.54. The molecule has 1 N–H and O–H groups in total. The number of nitrogens with zero attached hydrogens (tertiary/aromatic N) is 1. The summed E-state index contributed by atoms with van der Waals surface area (Å²) in [4.78, 5) is 0. The van der Waals surface area contributed by atoms with Crippen molar-refractivity contribution in [3.8, 4) is 11.8 Å². The molecule has 0 atom stereocenters. The minimum atomic E-state index is 0.336. The summed E-state index contributed by atoms with van der Waals surface area (Å²) >= 11 is 12.1. The van der Waals surface area contributed by atoms with E-state index >= 15 is 0 Å². The summed E-state index contributed by atoms with van der Waals surface area (Å²) in [5.74, 6) is 0.758. The fourth-order valence-corrected chi connectivity index (χ4v) is 2.34. The van der Waals surface area contributed by atoms with Crippen LogP contribution in [0.4, 0.5) is 0 Å². The molecule has 5 heteroatoms. The summed E-state index contributed by atoms with van der Waals surface area (Å²) in [5, 5.41) is 13.1. The van der Waals surface area contributed by atoms with E-state index in [0.29, 0.717) is 28.8 Å². The van der Waals surface area contributed by atoms with Gasteiger partial charge in [0.1, 0.15) is 12.4 Å². The maximum Gasteiger partial charge on any atom is 0.124 e. The quantitative estimate of drug-likeness (QED) is 0.899. The third kappa shape index (κ3) is 4.12. The van der Waals surface area contributed by atoms with Gasteiger partial charge in [0.25, 0.3) is 0 Å². The Bertz CT molecular complexity index is 680. The lowest BCUT2D eigenvalue weighted by atomic mass is 10.1. The van der Waals surface area contributed by atoms with Gasteiger partial charge in [-0.3, -0.25) is 0 Å². The number of ether oxygens (including phenoxy) is 1. The molecule has 0 spiro atoms. The molecule has 0 bridgehead atoms. The molecule has 0 saturated heterocycles. The summed E-state index contributed by atoms with van der Waals surface area (Å²) in [6.07, 6.45) is 0. The van der Waals surface area contributed by atoms with Crippen LogP contribution in [-0.2, 0) is 13.2 Å². The lowest BCUT2D eigenvalue weighted by molar-refractivity contribution is 0.302. The molecule has 0 heterocycles. The molecular formula is C16H14Cl2N2O. The van der Waals surface area contributed by atoms with Crippen LogP contribution in [0.15, 0.2) is 36.4 Å². The molecule has 0 fully saturated rings. The van der Waals surface area contributed by atoms with Crippen LogP contribution in [0.2, 0.25) is 10.0 Å². The average molecular weight is 321 g/mol. The highest BCUT2D eigenvalue weighted by molar-refractivity contribution is 6.31. The van der Waals surface area contributed by atoms with E-state index in [-0.39, 0.29) is 0 Å². The summed E-state index contributed by atoms with van der Waals surface area (Å²) in [7, 11) is 1.86. The molecule has 21 heavy (non-hydrogen) atoms. The maximum absolute atomic E-state index is 8.82. The second-order valence-corrected chi connectivity index (χ2v) is 5.33. The number of hydrogen-bond acceptors (Lipinski definition) is 3. The van der Waals surface area contributed by atoms with Crippen LogP contribution in [0.5, 0.6) is 5.75 Å². The van der Waals surface area contributed by atoms with Gasteiger partial charge in [-0.25, -0.2) is 0 Å². The Morgan fingerprint density at radius 3 is 2.62 bits per heavy atom. The van der Waals surface area contributed by atoms with Crippen LogP contribution < -0.4 is 10.1 Å². The van der Waals surface area contributed by atoms with Gasteiger partial charge in [-0.2, -0.15) is 5.26 Å². The van der Waals surface area contributed by atoms with Gasteiger partial charge < -0.3 is 10.1 Å². The van der Waals surface area contributed by atoms with Crippen molar-refractivity contribution in [2.75, 3.05) is 7.05 Å². The Hall–Kier alpha value is -1.73. The molecule has 2 rings (SSSR count).